The van der Waals surface area contributed by atoms with E-state index in [1.165, 1.54) is 19.3 Å². The average Bonchev–Trinajstić information content (AvgIpc) is 2.16. The summed E-state index contributed by atoms with van der Waals surface area (Å²) in [6.45, 7) is 18.0. The van der Waals surface area contributed by atoms with Gasteiger partial charge in [0.15, 0.2) is 0 Å². The Morgan fingerprint density at radius 1 is 0.875 bits per heavy atom. The van der Waals surface area contributed by atoms with Gasteiger partial charge in [0.05, 0.1) is 0 Å². The van der Waals surface area contributed by atoms with E-state index in [0.717, 1.165) is 22.3 Å². The summed E-state index contributed by atoms with van der Waals surface area (Å²) in [4.78, 5) is 0. The standard InChI is InChI=1S/C9H18S.2C3H8/c1-6-5-7(2)10-9(4)8(6)3;2*1-3-2/h6-9H,5H2,1-4H3;2*3H2,1-2H3. The van der Waals surface area contributed by atoms with E-state index < -0.39 is 0 Å². The predicted molar refractivity (Wildman–Crippen MR) is 81.4 cm³/mol. The van der Waals surface area contributed by atoms with Gasteiger partial charge in [-0.2, -0.15) is 11.8 Å². The molecule has 0 aromatic heterocycles. The molecule has 0 saturated carbocycles. The Morgan fingerprint density at radius 3 is 1.56 bits per heavy atom. The third-order valence-corrected chi connectivity index (χ3v) is 4.30. The van der Waals surface area contributed by atoms with E-state index >= 15 is 0 Å². The first kappa shape index (κ1) is 18.7. The van der Waals surface area contributed by atoms with E-state index in [2.05, 4.69) is 67.2 Å². The zero-order valence-corrected chi connectivity index (χ0v) is 13.7. The van der Waals surface area contributed by atoms with Gasteiger partial charge in [0.25, 0.3) is 0 Å². The zero-order chi connectivity index (χ0) is 13.1. The van der Waals surface area contributed by atoms with Crippen molar-refractivity contribution in [1.82, 2.24) is 0 Å². The minimum Gasteiger partial charge on any atom is -0.155 e. The summed E-state index contributed by atoms with van der Waals surface area (Å²) in [7, 11) is 0. The Kier molecular flexibility index (Phi) is 13.8. The average molecular weight is 247 g/mol. The number of thioether (sulfide) groups is 1. The highest BCUT2D eigenvalue weighted by atomic mass is 32.2. The molecule has 1 fully saturated rings. The summed E-state index contributed by atoms with van der Waals surface area (Å²) < 4.78 is 0. The molecule has 0 aliphatic carbocycles. The predicted octanol–water partition coefficient (Wildman–Crippen LogP) is 6.01. The number of hydrogen-bond donors (Lipinski definition) is 0. The van der Waals surface area contributed by atoms with Crippen LogP contribution in [0, 0.1) is 11.8 Å². The maximum absolute atomic E-state index is 2.39. The van der Waals surface area contributed by atoms with E-state index in [-0.39, 0.29) is 0 Å². The van der Waals surface area contributed by atoms with Crippen LogP contribution in [0.25, 0.3) is 0 Å². The van der Waals surface area contributed by atoms with Crippen LogP contribution < -0.4 is 0 Å². The first-order valence-electron chi connectivity index (χ1n) is 7.09. The molecule has 1 heteroatoms. The van der Waals surface area contributed by atoms with E-state index in [1.54, 1.807) is 0 Å². The van der Waals surface area contributed by atoms with Gasteiger partial charge in [-0.25, -0.2) is 0 Å². The van der Waals surface area contributed by atoms with E-state index in [4.69, 9.17) is 0 Å². The van der Waals surface area contributed by atoms with Crippen LogP contribution >= 0.6 is 11.8 Å². The lowest BCUT2D eigenvalue weighted by Crippen LogP contribution is -2.28. The molecule has 0 amide bonds. The van der Waals surface area contributed by atoms with E-state index in [0.29, 0.717) is 0 Å². The molecule has 0 radical (unpaired) electrons. The number of hydrogen-bond acceptors (Lipinski definition) is 1. The molecule has 100 valence electrons. The van der Waals surface area contributed by atoms with Crippen LogP contribution in [0.4, 0.5) is 0 Å². The summed E-state index contributed by atoms with van der Waals surface area (Å²) in [6.07, 6.45) is 3.91. The molecular formula is C15H34S. The summed E-state index contributed by atoms with van der Waals surface area (Å²) in [6, 6.07) is 0. The maximum atomic E-state index is 2.39. The van der Waals surface area contributed by atoms with Crippen molar-refractivity contribution in [3.63, 3.8) is 0 Å². The molecule has 1 aliphatic heterocycles. The van der Waals surface area contributed by atoms with Gasteiger partial charge in [-0.05, 0) is 18.3 Å². The van der Waals surface area contributed by atoms with Crippen molar-refractivity contribution in [3.8, 4) is 0 Å². The topological polar surface area (TPSA) is 0 Å². The van der Waals surface area contributed by atoms with Crippen molar-refractivity contribution in [2.24, 2.45) is 11.8 Å². The van der Waals surface area contributed by atoms with Crippen LogP contribution in [0.15, 0.2) is 0 Å². The van der Waals surface area contributed by atoms with Gasteiger partial charge < -0.3 is 0 Å². The Labute approximate surface area is 109 Å². The third kappa shape index (κ3) is 9.57. The van der Waals surface area contributed by atoms with Crippen LogP contribution in [0.2, 0.25) is 0 Å². The van der Waals surface area contributed by atoms with E-state index in [1.807, 2.05) is 0 Å². The maximum Gasteiger partial charge on any atom is 0.00495 e. The van der Waals surface area contributed by atoms with Gasteiger partial charge in [-0.3, -0.25) is 0 Å². The quantitative estimate of drug-likeness (QED) is 0.505. The van der Waals surface area contributed by atoms with Gasteiger partial charge in [-0.1, -0.05) is 68.2 Å². The lowest BCUT2D eigenvalue weighted by atomic mass is 9.89. The molecule has 0 spiro atoms. The van der Waals surface area contributed by atoms with Gasteiger partial charge in [0, 0.05) is 10.5 Å². The summed E-state index contributed by atoms with van der Waals surface area (Å²) in [5.74, 6) is 1.85. The van der Waals surface area contributed by atoms with Crippen LogP contribution in [0.5, 0.6) is 0 Å². The van der Waals surface area contributed by atoms with Crippen molar-refractivity contribution in [2.75, 3.05) is 0 Å². The van der Waals surface area contributed by atoms with Gasteiger partial charge in [0.1, 0.15) is 0 Å². The molecule has 16 heavy (non-hydrogen) atoms. The smallest absolute Gasteiger partial charge is 0.00495 e. The third-order valence-electron chi connectivity index (χ3n) is 2.79. The molecule has 1 aliphatic rings. The first-order valence-corrected chi connectivity index (χ1v) is 8.04. The molecule has 4 atom stereocenters. The van der Waals surface area contributed by atoms with Crippen LogP contribution in [0.1, 0.15) is 74.7 Å². The van der Waals surface area contributed by atoms with Crippen molar-refractivity contribution in [1.29, 1.82) is 0 Å². The highest BCUT2D eigenvalue weighted by molar-refractivity contribution is 8.00. The molecule has 1 heterocycles. The second-order valence-corrected chi connectivity index (χ2v) is 6.96. The van der Waals surface area contributed by atoms with E-state index in [9.17, 15) is 0 Å². The first-order chi connectivity index (χ1) is 7.44. The monoisotopic (exact) mass is 246 g/mol. The van der Waals surface area contributed by atoms with Gasteiger partial charge in [0.2, 0.25) is 0 Å². The summed E-state index contributed by atoms with van der Waals surface area (Å²) in [5.41, 5.74) is 0. The van der Waals surface area contributed by atoms with Gasteiger partial charge in [-0.15, -0.1) is 0 Å². The minimum atomic E-state index is 0.874. The molecule has 0 N–H and O–H groups in total. The second-order valence-electron chi connectivity index (χ2n) is 5.14. The molecule has 0 aromatic carbocycles. The molecule has 1 saturated heterocycles. The van der Waals surface area contributed by atoms with Crippen molar-refractivity contribution in [2.45, 2.75) is 85.2 Å². The summed E-state index contributed by atoms with van der Waals surface area (Å²) in [5, 5.41) is 1.76. The fourth-order valence-electron chi connectivity index (χ4n) is 1.75. The van der Waals surface area contributed by atoms with Crippen LogP contribution in [0.3, 0.4) is 0 Å². The normalized spacial score (nSPS) is 33.0. The van der Waals surface area contributed by atoms with Gasteiger partial charge >= 0.3 is 0 Å². The molecular weight excluding hydrogens is 212 g/mol. The molecule has 0 aromatic rings. The fourth-order valence-corrected chi connectivity index (χ4v) is 3.41. The Bertz CT molecular complexity index is 119. The van der Waals surface area contributed by atoms with Crippen LogP contribution in [-0.4, -0.2) is 10.5 Å². The molecule has 4 unspecified atom stereocenters. The largest absolute Gasteiger partial charge is 0.155 e. The van der Waals surface area contributed by atoms with Crippen molar-refractivity contribution in [3.05, 3.63) is 0 Å². The Balaban J connectivity index is 0. The molecule has 0 nitrogen and oxygen atoms in total. The van der Waals surface area contributed by atoms with Crippen molar-refractivity contribution < 1.29 is 0 Å². The van der Waals surface area contributed by atoms with Crippen molar-refractivity contribution >= 4 is 11.8 Å². The highest BCUT2D eigenvalue weighted by Crippen LogP contribution is 2.38. The fraction of sp³-hybridized carbons (Fsp3) is 1.00. The Morgan fingerprint density at radius 2 is 1.25 bits per heavy atom. The van der Waals surface area contributed by atoms with Crippen LogP contribution in [-0.2, 0) is 0 Å². The lowest BCUT2D eigenvalue weighted by molar-refractivity contribution is 0.347. The molecule has 1 rings (SSSR count). The Hall–Kier alpha value is 0.350. The summed E-state index contributed by atoms with van der Waals surface area (Å²) >= 11 is 2.15. The SMILES string of the molecule is CC1CC(C)C(C)C(C)S1.CCC.CCC. The number of rotatable bonds is 0. The molecule has 0 bridgehead atoms. The minimum absolute atomic E-state index is 0.874. The second kappa shape index (κ2) is 11.8. The lowest BCUT2D eigenvalue weighted by Gasteiger charge is -2.35. The highest BCUT2D eigenvalue weighted by Gasteiger charge is 2.27. The zero-order valence-electron chi connectivity index (χ0n) is 12.8.